The van der Waals surface area contributed by atoms with Gasteiger partial charge in [0.25, 0.3) is 0 Å². The van der Waals surface area contributed by atoms with Crippen LogP contribution in [0.15, 0.2) is 30.3 Å². The van der Waals surface area contributed by atoms with Gasteiger partial charge in [-0.1, -0.05) is 0 Å². The van der Waals surface area contributed by atoms with Crippen LogP contribution in [-0.2, 0) is 14.3 Å². The van der Waals surface area contributed by atoms with Crippen LogP contribution in [0.5, 0.6) is 0 Å². The molecule has 1 aromatic carbocycles. The number of benzene rings is 1. The van der Waals surface area contributed by atoms with Gasteiger partial charge in [-0.25, -0.2) is 0 Å². The van der Waals surface area contributed by atoms with E-state index >= 15 is 0 Å². The van der Waals surface area contributed by atoms with Gasteiger partial charge < -0.3 is 0 Å². The summed E-state index contributed by atoms with van der Waals surface area (Å²) >= 11 is 0.0672. The van der Waals surface area contributed by atoms with Crippen molar-refractivity contribution in [1.82, 2.24) is 5.32 Å². The average molecular weight is 390 g/mol. The number of rotatable bonds is 2. The Morgan fingerprint density at radius 3 is 2.79 bits per heavy atom. The van der Waals surface area contributed by atoms with E-state index in [0.717, 1.165) is 6.61 Å². The molecule has 2 saturated heterocycles. The third-order valence-corrected chi connectivity index (χ3v) is 9.18. The van der Waals surface area contributed by atoms with Crippen LogP contribution in [0.4, 0.5) is 0 Å². The van der Waals surface area contributed by atoms with E-state index in [0.29, 0.717) is 30.0 Å². The third kappa shape index (κ3) is 2.01. The average Bonchev–Trinajstić information content (AvgIpc) is 2.98. The molecule has 5 heteroatoms. The number of fused-ring (bicyclic) bond motifs is 2. The van der Waals surface area contributed by atoms with Crippen molar-refractivity contribution in [1.29, 1.82) is 0 Å². The molecule has 2 aliphatic carbocycles. The van der Waals surface area contributed by atoms with Gasteiger partial charge in [0.1, 0.15) is 0 Å². The molecular weight excluding hydrogens is 369 g/mol. The van der Waals surface area contributed by atoms with Gasteiger partial charge >= 0.3 is 148 Å². The van der Waals surface area contributed by atoms with Gasteiger partial charge in [0, 0.05) is 0 Å². The maximum absolute atomic E-state index is 13.1. The zero-order valence-corrected chi connectivity index (χ0v) is 15.3. The summed E-state index contributed by atoms with van der Waals surface area (Å²) in [6.07, 6.45) is 0.762. The maximum atomic E-state index is 13.1. The fourth-order valence-corrected chi connectivity index (χ4v) is 7.74. The van der Waals surface area contributed by atoms with E-state index in [2.05, 4.69) is 24.4 Å². The number of Topliss-reactive ketones (excluding diaryl/α,β-unsaturated/α-hetero) is 1. The molecule has 8 atom stereocenters. The first kappa shape index (κ1) is 15.1. The third-order valence-electron chi connectivity index (χ3n) is 6.58. The Kier molecular flexibility index (Phi) is 3.41. The van der Waals surface area contributed by atoms with Gasteiger partial charge in [0.2, 0.25) is 0 Å². The molecule has 2 aliphatic heterocycles. The van der Waals surface area contributed by atoms with Gasteiger partial charge in [-0.3, -0.25) is 0 Å². The molecule has 126 valence electrons. The van der Waals surface area contributed by atoms with Crippen molar-refractivity contribution >= 4 is 31.1 Å². The van der Waals surface area contributed by atoms with Gasteiger partial charge in [-0.2, -0.15) is 0 Å². The van der Waals surface area contributed by atoms with E-state index in [9.17, 15) is 9.59 Å². The first-order chi connectivity index (χ1) is 11.6. The van der Waals surface area contributed by atoms with Crippen molar-refractivity contribution in [3.63, 3.8) is 0 Å². The van der Waals surface area contributed by atoms with Crippen LogP contribution in [0, 0.1) is 29.6 Å². The molecule has 0 radical (unpaired) electrons. The zero-order valence-electron chi connectivity index (χ0n) is 13.6. The number of hydrogen-bond donors (Lipinski definition) is 1. The Balaban J connectivity index is 1.40. The molecule has 4 aliphatic rings. The zero-order chi connectivity index (χ0) is 16.4. The van der Waals surface area contributed by atoms with E-state index in [1.54, 1.807) is 0 Å². The van der Waals surface area contributed by atoms with Crippen molar-refractivity contribution in [2.24, 2.45) is 29.6 Å². The number of hydrogen-bond acceptors (Lipinski definition) is 3. The van der Waals surface area contributed by atoms with Crippen LogP contribution in [0.2, 0.25) is 4.82 Å². The molecule has 4 nitrogen and oxygen atoms in total. The minimum absolute atomic E-state index is 0.0470. The molecule has 0 bridgehead atoms. The summed E-state index contributed by atoms with van der Waals surface area (Å²) in [7, 11) is 0. The van der Waals surface area contributed by atoms with E-state index in [1.807, 2.05) is 18.2 Å². The fraction of sp³-hybridized carbons (Fsp3) is 0.579. The molecule has 1 unspecified atom stereocenters. The molecule has 2 saturated carbocycles. The monoisotopic (exact) mass is 391 g/mol. The molecular formula is C19H21NO3Se. The van der Waals surface area contributed by atoms with Crippen LogP contribution in [-0.4, -0.2) is 45.4 Å². The number of carbonyl (C=O) groups is 2. The molecule has 5 rings (SSSR count). The number of carbonyl (C=O) groups excluding carboxylic acids is 2. The summed E-state index contributed by atoms with van der Waals surface area (Å²) < 4.78 is 7.26. The van der Waals surface area contributed by atoms with E-state index in [1.165, 1.54) is 4.46 Å². The quantitative estimate of drug-likeness (QED) is 0.760. The number of ketones is 1. The van der Waals surface area contributed by atoms with Crippen LogP contribution in [0.25, 0.3) is 0 Å². The van der Waals surface area contributed by atoms with Crippen LogP contribution in [0.3, 0.4) is 0 Å². The summed E-state index contributed by atoms with van der Waals surface area (Å²) in [5.41, 5.74) is 0. The number of ether oxygens (including phenoxy) is 1. The molecule has 2 heterocycles. The summed E-state index contributed by atoms with van der Waals surface area (Å²) in [5, 5.41) is 3.18. The van der Waals surface area contributed by atoms with E-state index < -0.39 is 0 Å². The van der Waals surface area contributed by atoms with Gasteiger partial charge in [-0.05, 0) is 0 Å². The summed E-state index contributed by atoms with van der Waals surface area (Å²) in [5.74, 6) is 1.95. The normalized spacial score (nSPS) is 45.9. The molecule has 0 spiro atoms. The second-order valence-corrected chi connectivity index (χ2v) is 10.3. The molecule has 24 heavy (non-hydrogen) atoms. The Bertz CT molecular complexity index is 693. The van der Waals surface area contributed by atoms with E-state index in [-0.39, 0.29) is 49.7 Å². The van der Waals surface area contributed by atoms with E-state index in [4.69, 9.17) is 4.74 Å². The SMILES string of the molecule is C[C@@H]1[C@H]2CO[C@H]3[C@@H]4NC(=O)C([Se]c5ccccc5)C[C@@H]4C(=O)[C@@H]1[C@@H]23. The standard InChI is InChI=1S/C19H21NO3Se/c1-9-12-8-23-18-15(12)14(9)17(21)11-7-13(19(22)20-16(11)18)24-10-5-3-2-4-6-10/h2-6,9,11-16,18H,7-8H2,1H3,(H,20,22)/t9-,11+,12-,13?,14+,15-,16-,18-/m1/s1. The van der Waals surface area contributed by atoms with Crippen molar-refractivity contribution in [2.75, 3.05) is 6.61 Å². The summed E-state index contributed by atoms with van der Waals surface area (Å²) in [6, 6.07) is 10.1. The van der Waals surface area contributed by atoms with Gasteiger partial charge in [0.15, 0.2) is 0 Å². The Morgan fingerprint density at radius 1 is 1.21 bits per heavy atom. The second-order valence-electron chi connectivity index (χ2n) is 7.62. The van der Waals surface area contributed by atoms with Gasteiger partial charge in [-0.15, -0.1) is 0 Å². The predicted molar refractivity (Wildman–Crippen MR) is 90.0 cm³/mol. The minimum atomic E-state index is -0.0911. The first-order valence-corrected chi connectivity index (χ1v) is 10.7. The number of piperidine rings is 1. The predicted octanol–water partition coefficient (Wildman–Crippen LogP) is 0.789. The molecule has 1 aromatic rings. The molecule has 4 fully saturated rings. The Hall–Kier alpha value is -1.16. The Labute approximate surface area is 147 Å². The Morgan fingerprint density at radius 2 is 2.00 bits per heavy atom. The second kappa shape index (κ2) is 5.42. The summed E-state index contributed by atoms with van der Waals surface area (Å²) in [6.45, 7) is 2.96. The van der Waals surface area contributed by atoms with Crippen LogP contribution >= 0.6 is 0 Å². The number of nitrogens with one attached hydrogen (secondary N) is 1. The molecule has 0 aromatic heterocycles. The summed E-state index contributed by atoms with van der Waals surface area (Å²) in [4.78, 5) is 25.7. The van der Waals surface area contributed by atoms with Crippen molar-refractivity contribution in [3.05, 3.63) is 30.3 Å². The van der Waals surface area contributed by atoms with Crippen molar-refractivity contribution in [3.8, 4) is 0 Å². The van der Waals surface area contributed by atoms with Crippen LogP contribution < -0.4 is 9.78 Å². The topological polar surface area (TPSA) is 55.4 Å². The number of amides is 1. The van der Waals surface area contributed by atoms with Gasteiger partial charge in [0.05, 0.1) is 0 Å². The van der Waals surface area contributed by atoms with Crippen molar-refractivity contribution in [2.45, 2.75) is 30.3 Å². The fourth-order valence-electron chi connectivity index (χ4n) is 5.38. The molecule has 1 amide bonds. The first-order valence-electron chi connectivity index (χ1n) is 8.82. The molecule has 1 N–H and O–H groups in total. The van der Waals surface area contributed by atoms with Crippen molar-refractivity contribution < 1.29 is 14.3 Å². The van der Waals surface area contributed by atoms with Crippen LogP contribution in [0.1, 0.15) is 13.3 Å².